The van der Waals surface area contributed by atoms with Crippen LogP contribution < -0.4 is 0 Å². The molecule has 0 spiro atoms. The highest BCUT2D eigenvalue weighted by Crippen LogP contribution is 2.23. The highest BCUT2D eigenvalue weighted by atomic mass is 16.2. The number of likely N-dealkylation sites (tertiary alicyclic amines) is 1. The van der Waals surface area contributed by atoms with E-state index in [-0.39, 0.29) is 5.91 Å². The van der Waals surface area contributed by atoms with Crippen molar-refractivity contribution >= 4 is 5.91 Å². The highest BCUT2D eigenvalue weighted by Gasteiger charge is 2.30. The van der Waals surface area contributed by atoms with Gasteiger partial charge in [-0.3, -0.25) is 14.4 Å². The Labute approximate surface area is 149 Å². The number of hydrogen-bond donors (Lipinski definition) is 0. The van der Waals surface area contributed by atoms with Gasteiger partial charge in [0.25, 0.3) is 0 Å². The second-order valence-corrected chi connectivity index (χ2v) is 6.97. The fourth-order valence-electron chi connectivity index (χ4n) is 3.70. The normalized spacial score (nSPS) is 21.2. The topological polar surface area (TPSA) is 54.3 Å². The SMILES string of the molecule is C[C@@H]1CN(Cc2ccccc2)CC[C@H]1N(C)C(=O)CCn1cncn1. The molecule has 6 heteroatoms. The lowest BCUT2D eigenvalue weighted by Crippen LogP contribution is -2.50. The Bertz CT molecular complexity index is 658. The fourth-order valence-corrected chi connectivity index (χ4v) is 3.70. The van der Waals surface area contributed by atoms with Crippen molar-refractivity contribution in [2.75, 3.05) is 20.1 Å². The smallest absolute Gasteiger partial charge is 0.224 e. The van der Waals surface area contributed by atoms with Crippen molar-refractivity contribution in [3.63, 3.8) is 0 Å². The quantitative estimate of drug-likeness (QED) is 0.807. The minimum Gasteiger partial charge on any atom is -0.342 e. The molecular weight excluding hydrogens is 314 g/mol. The minimum atomic E-state index is 0.184. The largest absolute Gasteiger partial charge is 0.342 e. The third-order valence-corrected chi connectivity index (χ3v) is 5.11. The van der Waals surface area contributed by atoms with Crippen molar-refractivity contribution in [3.05, 3.63) is 48.5 Å². The van der Waals surface area contributed by atoms with E-state index in [4.69, 9.17) is 0 Å². The first-order valence-corrected chi connectivity index (χ1v) is 8.98. The Morgan fingerprint density at radius 1 is 1.32 bits per heavy atom. The van der Waals surface area contributed by atoms with Gasteiger partial charge < -0.3 is 4.90 Å². The molecule has 1 amide bonds. The minimum absolute atomic E-state index is 0.184. The number of amides is 1. The molecule has 1 aromatic heterocycles. The molecule has 134 valence electrons. The molecule has 2 aromatic rings. The molecule has 1 aromatic carbocycles. The average Bonchev–Trinajstić information content (AvgIpc) is 3.14. The Kier molecular flexibility index (Phi) is 5.81. The Balaban J connectivity index is 1.49. The lowest BCUT2D eigenvalue weighted by molar-refractivity contribution is -0.134. The molecule has 6 nitrogen and oxygen atoms in total. The van der Waals surface area contributed by atoms with E-state index in [1.165, 1.54) is 11.9 Å². The maximum atomic E-state index is 12.5. The van der Waals surface area contributed by atoms with E-state index in [0.717, 1.165) is 26.1 Å². The summed E-state index contributed by atoms with van der Waals surface area (Å²) >= 11 is 0. The van der Waals surface area contributed by atoms with Crippen molar-refractivity contribution in [2.24, 2.45) is 5.92 Å². The summed E-state index contributed by atoms with van der Waals surface area (Å²) in [4.78, 5) is 20.9. The van der Waals surface area contributed by atoms with Gasteiger partial charge in [-0.05, 0) is 17.9 Å². The molecule has 0 bridgehead atoms. The van der Waals surface area contributed by atoms with Crippen molar-refractivity contribution in [2.45, 2.75) is 38.9 Å². The molecule has 1 aliphatic heterocycles. The molecule has 0 radical (unpaired) electrons. The Morgan fingerprint density at radius 2 is 2.12 bits per heavy atom. The summed E-state index contributed by atoms with van der Waals surface area (Å²) in [6, 6.07) is 10.9. The van der Waals surface area contributed by atoms with Crippen LogP contribution in [0.1, 0.15) is 25.3 Å². The second kappa shape index (κ2) is 8.25. The number of aromatic nitrogens is 3. The molecule has 2 atom stereocenters. The molecular formula is C19H27N5O. The summed E-state index contributed by atoms with van der Waals surface area (Å²) in [7, 11) is 1.94. The molecule has 1 saturated heterocycles. The first-order valence-electron chi connectivity index (χ1n) is 8.98. The Hall–Kier alpha value is -2.21. The maximum absolute atomic E-state index is 12.5. The summed E-state index contributed by atoms with van der Waals surface area (Å²) < 4.78 is 1.71. The molecule has 1 fully saturated rings. The zero-order valence-corrected chi connectivity index (χ0v) is 15.1. The van der Waals surface area contributed by atoms with Gasteiger partial charge in [0.15, 0.2) is 0 Å². The van der Waals surface area contributed by atoms with Crippen molar-refractivity contribution in [3.8, 4) is 0 Å². The molecule has 2 heterocycles. The summed E-state index contributed by atoms with van der Waals surface area (Å²) in [5.74, 6) is 0.654. The van der Waals surface area contributed by atoms with Crippen LogP contribution in [0.5, 0.6) is 0 Å². The van der Waals surface area contributed by atoms with Gasteiger partial charge in [-0.2, -0.15) is 5.10 Å². The van der Waals surface area contributed by atoms with E-state index < -0.39 is 0 Å². The van der Waals surface area contributed by atoms with Crippen LogP contribution in [0.4, 0.5) is 0 Å². The van der Waals surface area contributed by atoms with Crippen LogP contribution in [0.25, 0.3) is 0 Å². The summed E-state index contributed by atoms with van der Waals surface area (Å²) in [6.45, 7) is 5.89. The van der Waals surface area contributed by atoms with Gasteiger partial charge in [0.05, 0.1) is 6.54 Å². The van der Waals surface area contributed by atoms with E-state index in [2.05, 4.69) is 52.2 Å². The van der Waals surface area contributed by atoms with Gasteiger partial charge in [-0.25, -0.2) is 4.98 Å². The molecule has 1 aliphatic rings. The number of carbonyl (C=O) groups is 1. The molecule has 25 heavy (non-hydrogen) atoms. The molecule has 0 aliphatic carbocycles. The number of nitrogens with zero attached hydrogens (tertiary/aromatic N) is 5. The van der Waals surface area contributed by atoms with Gasteiger partial charge in [-0.1, -0.05) is 37.3 Å². The molecule has 3 rings (SSSR count). The number of hydrogen-bond acceptors (Lipinski definition) is 4. The lowest BCUT2D eigenvalue weighted by atomic mass is 9.92. The van der Waals surface area contributed by atoms with Gasteiger partial charge in [0.2, 0.25) is 5.91 Å². The third kappa shape index (κ3) is 4.66. The van der Waals surface area contributed by atoms with Crippen LogP contribution in [-0.2, 0) is 17.9 Å². The second-order valence-electron chi connectivity index (χ2n) is 6.97. The number of benzene rings is 1. The number of rotatable bonds is 6. The molecule has 0 saturated carbocycles. The summed E-state index contributed by atoms with van der Waals surface area (Å²) in [5, 5.41) is 4.05. The standard InChI is InChI=1S/C19H27N5O/c1-16-12-23(13-17-6-4-3-5-7-17)10-8-18(16)22(2)19(25)9-11-24-15-20-14-21-24/h3-7,14-16,18H,8-13H2,1-2H3/t16-,18-/m1/s1. The van der Waals surface area contributed by atoms with Crippen LogP contribution >= 0.6 is 0 Å². The van der Waals surface area contributed by atoms with Gasteiger partial charge in [0.1, 0.15) is 12.7 Å². The van der Waals surface area contributed by atoms with Crippen LogP contribution in [0.15, 0.2) is 43.0 Å². The van der Waals surface area contributed by atoms with Crippen molar-refractivity contribution in [1.29, 1.82) is 0 Å². The predicted molar refractivity (Wildman–Crippen MR) is 96.7 cm³/mol. The van der Waals surface area contributed by atoms with Crippen molar-refractivity contribution < 1.29 is 4.79 Å². The average molecular weight is 341 g/mol. The number of aryl methyl sites for hydroxylation is 1. The molecule has 0 N–H and O–H groups in total. The Morgan fingerprint density at radius 3 is 2.80 bits per heavy atom. The fraction of sp³-hybridized carbons (Fsp3) is 0.526. The summed E-state index contributed by atoms with van der Waals surface area (Å²) in [5.41, 5.74) is 1.35. The number of carbonyl (C=O) groups excluding carboxylic acids is 1. The zero-order valence-electron chi connectivity index (χ0n) is 15.1. The van der Waals surface area contributed by atoms with Gasteiger partial charge in [0, 0.05) is 39.1 Å². The van der Waals surface area contributed by atoms with E-state index in [9.17, 15) is 4.79 Å². The van der Waals surface area contributed by atoms with Gasteiger partial charge in [-0.15, -0.1) is 0 Å². The van der Waals surface area contributed by atoms with Crippen LogP contribution in [0.2, 0.25) is 0 Å². The van der Waals surface area contributed by atoms with E-state index >= 15 is 0 Å². The first-order chi connectivity index (χ1) is 12.1. The van der Waals surface area contributed by atoms with E-state index in [0.29, 0.717) is 24.9 Å². The van der Waals surface area contributed by atoms with Crippen molar-refractivity contribution in [1.82, 2.24) is 24.6 Å². The monoisotopic (exact) mass is 341 g/mol. The van der Waals surface area contributed by atoms with Crippen LogP contribution in [0, 0.1) is 5.92 Å². The number of piperidine rings is 1. The van der Waals surface area contributed by atoms with Gasteiger partial charge >= 0.3 is 0 Å². The first kappa shape index (κ1) is 17.6. The van der Waals surface area contributed by atoms with Crippen LogP contribution in [0.3, 0.4) is 0 Å². The predicted octanol–water partition coefficient (Wildman–Crippen LogP) is 2.04. The molecule has 0 unspecified atom stereocenters. The maximum Gasteiger partial charge on any atom is 0.224 e. The van der Waals surface area contributed by atoms with E-state index in [1.54, 1.807) is 11.0 Å². The zero-order chi connectivity index (χ0) is 17.6. The summed E-state index contributed by atoms with van der Waals surface area (Å²) in [6.07, 6.45) is 4.65. The van der Waals surface area contributed by atoms with Crippen LogP contribution in [-0.4, -0.2) is 56.7 Å². The third-order valence-electron chi connectivity index (χ3n) is 5.11. The van der Waals surface area contributed by atoms with E-state index in [1.807, 2.05) is 11.9 Å². The lowest BCUT2D eigenvalue weighted by Gasteiger charge is -2.41. The highest BCUT2D eigenvalue weighted by molar-refractivity contribution is 5.76.